The number of hydrogen-bond acceptors (Lipinski definition) is 3. The van der Waals surface area contributed by atoms with Crippen molar-refractivity contribution >= 4 is 23.3 Å². The predicted octanol–water partition coefficient (Wildman–Crippen LogP) is 2.73. The minimum Gasteiger partial charge on any atom is -0.465 e. The van der Waals surface area contributed by atoms with E-state index in [4.69, 9.17) is 16.3 Å². The molecule has 0 N–H and O–H groups in total. The molecular weight excluding hydrogens is 226 g/mol. The summed E-state index contributed by atoms with van der Waals surface area (Å²) in [6, 6.07) is 5.27. The third-order valence-corrected chi connectivity index (χ3v) is 3.05. The van der Waals surface area contributed by atoms with E-state index in [1.165, 1.54) is 7.11 Å². The maximum atomic E-state index is 11.6. The van der Waals surface area contributed by atoms with Crippen molar-refractivity contribution < 1.29 is 9.53 Å². The van der Waals surface area contributed by atoms with Crippen LogP contribution in [0, 0.1) is 0 Å². The highest BCUT2D eigenvalue weighted by Gasteiger charge is 2.20. The number of anilines is 1. The van der Waals surface area contributed by atoms with Crippen LogP contribution in [0.4, 0.5) is 5.69 Å². The maximum Gasteiger partial charge on any atom is 0.339 e. The number of carbonyl (C=O) groups excluding carboxylic acids is 1. The van der Waals surface area contributed by atoms with Gasteiger partial charge in [0.05, 0.1) is 18.4 Å². The Bertz CT molecular complexity index is 400. The summed E-state index contributed by atoms with van der Waals surface area (Å²) in [5.74, 6) is -0.307. The number of carbonyl (C=O) groups is 1. The van der Waals surface area contributed by atoms with Gasteiger partial charge in [0.15, 0.2) is 0 Å². The summed E-state index contributed by atoms with van der Waals surface area (Å²) < 4.78 is 4.77. The zero-order valence-electron chi connectivity index (χ0n) is 9.20. The first-order chi connectivity index (χ1) is 7.72. The van der Waals surface area contributed by atoms with E-state index in [0.717, 1.165) is 31.6 Å². The van der Waals surface area contributed by atoms with Crippen LogP contribution in [-0.4, -0.2) is 26.2 Å². The van der Waals surface area contributed by atoms with Crippen LogP contribution in [0.2, 0.25) is 5.02 Å². The summed E-state index contributed by atoms with van der Waals surface area (Å²) in [5, 5.41) is 0.648. The monoisotopic (exact) mass is 239 g/mol. The van der Waals surface area contributed by atoms with Crippen LogP contribution in [-0.2, 0) is 4.74 Å². The van der Waals surface area contributed by atoms with E-state index >= 15 is 0 Å². The van der Waals surface area contributed by atoms with Gasteiger partial charge < -0.3 is 9.64 Å². The van der Waals surface area contributed by atoms with E-state index in [-0.39, 0.29) is 5.97 Å². The van der Waals surface area contributed by atoms with Crippen LogP contribution in [0.15, 0.2) is 18.2 Å². The molecule has 1 aromatic rings. The van der Waals surface area contributed by atoms with E-state index in [1.807, 2.05) is 6.07 Å². The average Bonchev–Trinajstić information content (AvgIpc) is 2.81. The fourth-order valence-corrected chi connectivity index (χ4v) is 2.17. The number of methoxy groups -OCH3 is 1. The first-order valence-corrected chi connectivity index (χ1v) is 5.73. The van der Waals surface area contributed by atoms with Gasteiger partial charge in [-0.1, -0.05) is 11.6 Å². The Kier molecular flexibility index (Phi) is 3.34. The first kappa shape index (κ1) is 11.3. The van der Waals surface area contributed by atoms with E-state index in [9.17, 15) is 4.79 Å². The van der Waals surface area contributed by atoms with E-state index in [0.29, 0.717) is 10.6 Å². The van der Waals surface area contributed by atoms with Crippen molar-refractivity contribution in [2.45, 2.75) is 12.8 Å². The quantitative estimate of drug-likeness (QED) is 0.744. The highest BCUT2D eigenvalue weighted by molar-refractivity contribution is 6.31. The number of nitrogens with zero attached hydrogens (tertiary/aromatic N) is 1. The van der Waals surface area contributed by atoms with Gasteiger partial charge in [-0.15, -0.1) is 0 Å². The predicted molar refractivity (Wildman–Crippen MR) is 64.2 cm³/mol. The van der Waals surface area contributed by atoms with Gasteiger partial charge in [-0.2, -0.15) is 0 Å². The largest absolute Gasteiger partial charge is 0.465 e. The van der Waals surface area contributed by atoms with Crippen molar-refractivity contribution in [2.24, 2.45) is 0 Å². The molecule has 0 atom stereocenters. The lowest BCUT2D eigenvalue weighted by atomic mass is 10.1. The van der Waals surface area contributed by atoms with Gasteiger partial charge in [-0.25, -0.2) is 4.79 Å². The molecular formula is C12H14ClNO2. The van der Waals surface area contributed by atoms with Crippen molar-refractivity contribution in [3.8, 4) is 0 Å². The van der Waals surface area contributed by atoms with Crippen LogP contribution in [0.25, 0.3) is 0 Å². The second kappa shape index (κ2) is 4.74. The van der Waals surface area contributed by atoms with Crippen molar-refractivity contribution in [3.63, 3.8) is 0 Å². The summed E-state index contributed by atoms with van der Waals surface area (Å²) in [6.45, 7) is 1.95. The molecule has 1 aliphatic heterocycles. The normalized spacial score (nSPS) is 15.2. The number of hydrogen-bond donors (Lipinski definition) is 0. The highest BCUT2D eigenvalue weighted by atomic mass is 35.5. The minimum absolute atomic E-state index is 0.307. The molecule has 0 radical (unpaired) electrons. The second-order valence-corrected chi connectivity index (χ2v) is 4.28. The minimum atomic E-state index is -0.307. The number of esters is 1. The van der Waals surface area contributed by atoms with Crippen LogP contribution >= 0.6 is 11.6 Å². The number of halogens is 1. The number of rotatable bonds is 2. The van der Waals surface area contributed by atoms with E-state index in [1.54, 1.807) is 12.1 Å². The molecule has 0 spiro atoms. The summed E-state index contributed by atoms with van der Waals surface area (Å²) in [5.41, 5.74) is 1.48. The van der Waals surface area contributed by atoms with Gasteiger partial charge in [-0.05, 0) is 31.0 Å². The second-order valence-electron chi connectivity index (χ2n) is 3.85. The molecule has 0 saturated carbocycles. The Morgan fingerprint density at radius 1 is 1.38 bits per heavy atom. The molecule has 4 heteroatoms. The molecule has 0 bridgehead atoms. The fourth-order valence-electron chi connectivity index (χ4n) is 2.01. The molecule has 0 aliphatic carbocycles. The molecule has 1 aromatic carbocycles. The number of benzene rings is 1. The topological polar surface area (TPSA) is 29.5 Å². The smallest absolute Gasteiger partial charge is 0.339 e. The Labute approximate surface area is 100.0 Å². The van der Waals surface area contributed by atoms with Crippen LogP contribution in [0.1, 0.15) is 23.2 Å². The summed E-state index contributed by atoms with van der Waals surface area (Å²) in [6.07, 6.45) is 2.32. The fraction of sp³-hybridized carbons (Fsp3) is 0.417. The molecule has 16 heavy (non-hydrogen) atoms. The molecule has 2 rings (SSSR count). The van der Waals surface area contributed by atoms with Gasteiger partial charge in [0.25, 0.3) is 0 Å². The van der Waals surface area contributed by atoms with Crippen LogP contribution in [0.5, 0.6) is 0 Å². The van der Waals surface area contributed by atoms with Gasteiger partial charge in [0, 0.05) is 18.1 Å². The molecule has 1 heterocycles. The lowest BCUT2D eigenvalue weighted by Crippen LogP contribution is -2.21. The van der Waals surface area contributed by atoms with E-state index < -0.39 is 0 Å². The zero-order chi connectivity index (χ0) is 11.5. The molecule has 0 aromatic heterocycles. The van der Waals surface area contributed by atoms with Gasteiger partial charge in [0.2, 0.25) is 0 Å². The molecule has 3 nitrogen and oxygen atoms in total. The summed E-state index contributed by atoms with van der Waals surface area (Å²) in [4.78, 5) is 13.8. The Morgan fingerprint density at radius 2 is 2.06 bits per heavy atom. The van der Waals surface area contributed by atoms with Crippen molar-refractivity contribution in [1.82, 2.24) is 0 Å². The average molecular weight is 240 g/mol. The molecule has 86 valence electrons. The SMILES string of the molecule is COC(=O)c1ccc(Cl)cc1N1CCCC1. The van der Waals surface area contributed by atoms with Crippen molar-refractivity contribution in [1.29, 1.82) is 0 Å². The number of ether oxygens (including phenoxy) is 1. The lowest BCUT2D eigenvalue weighted by Gasteiger charge is -2.20. The Morgan fingerprint density at radius 3 is 2.69 bits per heavy atom. The Hall–Kier alpha value is -1.22. The van der Waals surface area contributed by atoms with Crippen LogP contribution in [0.3, 0.4) is 0 Å². The third-order valence-electron chi connectivity index (χ3n) is 2.81. The first-order valence-electron chi connectivity index (χ1n) is 5.35. The van der Waals surface area contributed by atoms with Crippen molar-refractivity contribution in [2.75, 3.05) is 25.1 Å². The van der Waals surface area contributed by atoms with Gasteiger partial charge >= 0.3 is 5.97 Å². The standard InChI is InChI=1S/C12H14ClNO2/c1-16-12(15)10-5-4-9(13)8-11(10)14-6-2-3-7-14/h4-5,8H,2-3,6-7H2,1H3. The Balaban J connectivity index is 2.39. The van der Waals surface area contributed by atoms with Gasteiger partial charge in [0.1, 0.15) is 0 Å². The van der Waals surface area contributed by atoms with Crippen molar-refractivity contribution in [3.05, 3.63) is 28.8 Å². The van der Waals surface area contributed by atoms with E-state index in [2.05, 4.69) is 4.90 Å². The summed E-state index contributed by atoms with van der Waals surface area (Å²) >= 11 is 5.96. The molecule has 0 amide bonds. The zero-order valence-corrected chi connectivity index (χ0v) is 9.96. The third kappa shape index (κ3) is 2.14. The van der Waals surface area contributed by atoms with Gasteiger partial charge in [-0.3, -0.25) is 0 Å². The molecule has 1 aliphatic rings. The molecule has 1 saturated heterocycles. The lowest BCUT2D eigenvalue weighted by molar-refractivity contribution is 0.0601. The molecule has 0 unspecified atom stereocenters. The molecule has 1 fully saturated rings. The maximum absolute atomic E-state index is 11.6. The highest BCUT2D eigenvalue weighted by Crippen LogP contribution is 2.28. The summed E-state index contributed by atoms with van der Waals surface area (Å²) in [7, 11) is 1.39. The van der Waals surface area contributed by atoms with Crippen LogP contribution < -0.4 is 4.90 Å².